The van der Waals surface area contributed by atoms with Crippen molar-refractivity contribution in [1.82, 2.24) is 10.2 Å². The summed E-state index contributed by atoms with van der Waals surface area (Å²) < 4.78 is 24.4. The Labute approximate surface area is 164 Å². The molecule has 1 N–H and O–H groups in total. The molecule has 0 aromatic heterocycles. The summed E-state index contributed by atoms with van der Waals surface area (Å²) in [5.74, 6) is 1.17. The molecular weight excluding hydrogens is 361 g/mol. The number of halogens is 1. The number of rotatable bonds is 7. The van der Waals surface area contributed by atoms with Crippen LogP contribution in [0.1, 0.15) is 5.56 Å². The number of nitrogens with zero attached hydrogens (tertiary/aromatic N) is 2. The number of methoxy groups -OCH3 is 2. The monoisotopic (exact) mass is 387 g/mol. The van der Waals surface area contributed by atoms with E-state index in [4.69, 9.17) is 9.47 Å². The minimum absolute atomic E-state index is 0.0497. The van der Waals surface area contributed by atoms with Gasteiger partial charge in [0.1, 0.15) is 5.82 Å². The molecule has 7 heteroatoms. The SMILES string of the molecule is COc1ccc(CNCC(=O)N2CCN(c3ccccc3F)CC2)cc1OC. The normalized spacial score (nSPS) is 14.1. The van der Waals surface area contributed by atoms with Crippen LogP contribution >= 0.6 is 0 Å². The third-order valence-electron chi connectivity index (χ3n) is 4.88. The van der Waals surface area contributed by atoms with E-state index in [-0.39, 0.29) is 18.3 Å². The highest BCUT2D eigenvalue weighted by atomic mass is 19.1. The van der Waals surface area contributed by atoms with Crippen LogP contribution in [0, 0.1) is 5.82 Å². The average Bonchev–Trinajstić information content (AvgIpc) is 2.74. The molecule has 0 unspecified atom stereocenters. The van der Waals surface area contributed by atoms with Gasteiger partial charge in [0.05, 0.1) is 26.5 Å². The third kappa shape index (κ3) is 4.72. The molecule has 0 spiro atoms. The van der Waals surface area contributed by atoms with Crippen LogP contribution in [0.3, 0.4) is 0 Å². The van der Waals surface area contributed by atoms with Crippen molar-refractivity contribution in [2.45, 2.75) is 6.54 Å². The van der Waals surface area contributed by atoms with Crippen LogP contribution in [-0.2, 0) is 11.3 Å². The van der Waals surface area contributed by atoms with Crippen molar-refractivity contribution >= 4 is 11.6 Å². The first kappa shape index (κ1) is 19.9. The lowest BCUT2D eigenvalue weighted by molar-refractivity contribution is -0.130. The number of ether oxygens (including phenoxy) is 2. The predicted molar refractivity (Wildman–Crippen MR) is 106 cm³/mol. The predicted octanol–water partition coefficient (Wildman–Crippen LogP) is 2.28. The van der Waals surface area contributed by atoms with Gasteiger partial charge in [-0.1, -0.05) is 18.2 Å². The molecule has 0 aliphatic carbocycles. The Morgan fingerprint density at radius 3 is 2.43 bits per heavy atom. The average molecular weight is 387 g/mol. The molecule has 1 fully saturated rings. The summed E-state index contributed by atoms with van der Waals surface area (Å²) >= 11 is 0. The van der Waals surface area contributed by atoms with Crippen LogP contribution in [0.4, 0.5) is 10.1 Å². The van der Waals surface area contributed by atoms with Crippen LogP contribution < -0.4 is 19.7 Å². The topological polar surface area (TPSA) is 54.0 Å². The van der Waals surface area contributed by atoms with E-state index in [9.17, 15) is 9.18 Å². The summed E-state index contributed by atoms with van der Waals surface area (Å²) in [5.41, 5.74) is 1.61. The van der Waals surface area contributed by atoms with E-state index in [1.807, 2.05) is 34.1 Å². The van der Waals surface area contributed by atoms with Gasteiger partial charge in [0.2, 0.25) is 5.91 Å². The molecule has 2 aromatic carbocycles. The molecule has 0 saturated carbocycles. The van der Waals surface area contributed by atoms with Gasteiger partial charge in [0, 0.05) is 32.7 Å². The molecule has 1 saturated heterocycles. The number of para-hydroxylation sites is 1. The second-order valence-electron chi connectivity index (χ2n) is 6.61. The fourth-order valence-electron chi connectivity index (χ4n) is 3.32. The fourth-order valence-corrected chi connectivity index (χ4v) is 3.32. The van der Waals surface area contributed by atoms with Crippen LogP contribution in [-0.4, -0.2) is 57.8 Å². The second kappa shape index (κ2) is 9.41. The Balaban J connectivity index is 1.46. The van der Waals surface area contributed by atoms with Crippen molar-refractivity contribution in [2.24, 2.45) is 0 Å². The van der Waals surface area contributed by atoms with Crippen molar-refractivity contribution in [3.8, 4) is 11.5 Å². The molecule has 1 amide bonds. The summed E-state index contributed by atoms with van der Waals surface area (Å²) in [6.07, 6.45) is 0. The van der Waals surface area contributed by atoms with Gasteiger partial charge < -0.3 is 24.6 Å². The molecule has 1 aliphatic heterocycles. The number of nitrogens with one attached hydrogen (secondary N) is 1. The summed E-state index contributed by atoms with van der Waals surface area (Å²) in [7, 11) is 3.19. The van der Waals surface area contributed by atoms with Crippen LogP contribution in [0.25, 0.3) is 0 Å². The highest BCUT2D eigenvalue weighted by Crippen LogP contribution is 2.27. The Morgan fingerprint density at radius 1 is 1.04 bits per heavy atom. The zero-order valence-electron chi connectivity index (χ0n) is 16.3. The minimum Gasteiger partial charge on any atom is -0.493 e. The van der Waals surface area contributed by atoms with Crippen LogP contribution in [0.2, 0.25) is 0 Å². The van der Waals surface area contributed by atoms with Gasteiger partial charge in [-0.3, -0.25) is 4.79 Å². The molecule has 0 bridgehead atoms. The molecule has 150 valence electrons. The molecule has 0 radical (unpaired) electrons. The van der Waals surface area contributed by atoms with Crippen molar-refractivity contribution in [3.63, 3.8) is 0 Å². The van der Waals surface area contributed by atoms with Crippen molar-refractivity contribution in [3.05, 3.63) is 53.8 Å². The van der Waals surface area contributed by atoms with Crippen molar-refractivity contribution in [2.75, 3.05) is 51.8 Å². The zero-order valence-corrected chi connectivity index (χ0v) is 16.3. The number of hydrogen-bond donors (Lipinski definition) is 1. The molecule has 1 heterocycles. The van der Waals surface area contributed by atoms with Gasteiger partial charge in [-0.15, -0.1) is 0 Å². The number of carbonyl (C=O) groups excluding carboxylic acids is 1. The summed E-state index contributed by atoms with van der Waals surface area (Å²) in [6, 6.07) is 12.4. The first-order valence-corrected chi connectivity index (χ1v) is 9.31. The lowest BCUT2D eigenvalue weighted by Gasteiger charge is -2.36. The van der Waals surface area contributed by atoms with Gasteiger partial charge in [-0.05, 0) is 29.8 Å². The smallest absolute Gasteiger partial charge is 0.236 e. The van der Waals surface area contributed by atoms with E-state index in [1.54, 1.807) is 26.4 Å². The number of benzene rings is 2. The lowest BCUT2D eigenvalue weighted by Crippen LogP contribution is -2.51. The number of carbonyl (C=O) groups is 1. The third-order valence-corrected chi connectivity index (χ3v) is 4.88. The molecule has 0 atom stereocenters. The van der Waals surface area contributed by atoms with E-state index in [0.29, 0.717) is 49.9 Å². The molecule has 3 rings (SSSR count). The molecule has 1 aliphatic rings. The van der Waals surface area contributed by atoms with E-state index >= 15 is 0 Å². The van der Waals surface area contributed by atoms with Crippen molar-refractivity contribution < 1.29 is 18.7 Å². The fraction of sp³-hybridized carbons (Fsp3) is 0.381. The van der Waals surface area contributed by atoms with E-state index in [0.717, 1.165) is 5.56 Å². The van der Waals surface area contributed by atoms with Crippen molar-refractivity contribution in [1.29, 1.82) is 0 Å². The maximum atomic E-state index is 13.9. The van der Waals surface area contributed by atoms with Gasteiger partial charge >= 0.3 is 0 Å². The molecular formula is C21H26FN3O3. The summed E-state index contributed by atoms with van der Waals surface area (Å²) in [5, 5.41) is 3.18. The molecule has 6 nitrogen and oxygen atoms in total. The highest BCUT2D eigenvalue weighted by molar-refractivity contribution is 5.78. The maximum absolute atomic E-state index is 13.9. The molecule has 2 aromatic rings. The Bertz CT molecular complexity index is 807. The number of hydrogen-bond acceptors (Lipinski definition) is 5. The maximum Gasteiger partial charge on any atom is 0.236 e. The standard InChI is InChI=1S/C21H26FN3O3/c1-27-19-8-7-16(13-20(19)28-2)14-23-15-21(26)25-11-9-24(10-12-25)18-6-4-3-5-17(18)22/h3-8,13,23H,9-12,14-15H2,1-2H3. The highest BCUT2D eigenvalue weighted by Gasteiger charge is 2.22. The zero-order chi connectivity index (χ0) is 19.9. The Morgan fingerprint density at radius 2 is 1.75 bits per heavy atom. The summed E-state index contributed by atoms with van der Waals surface area (Å²) in [6.45, 7) is 3.25. The van der Waals surface area contributed by atoms with Crippen LogP contribution in [0.15, 0.2) is 42.5 Å². The van der Waals surface area contributed by atoms with Gasteiger partial charge in [-0.25, -0.2) is 4.39 Å². The second-order valence-corrected chi connectivity index (χ2v) is 6.61. The van der Waals surface area contributed by atoms with Gasteiger partial charge in [0.25, 0.3) is 0 Å². The number of piperazine rings is 1. The van der Waals surface area contributed by atoms with E-state index in [1.165, 1.54) is 6.07 Å². The largest absolute Gasteiger partial charge is 0.493 e. The lowest BCUT2D eigenvalue weighted by atomic mass is 10.2. The Kier molecular flexibility index (Phi) is 6.71. The minimum atomic E-state index is -0.223. The summed E-state index contributed by atoms with van der Waals surface area (Å²) in [4.78, 5) is 16.2. The van der Waals surface area contributed by atoms with Crippen LogP contribution in [0.5, 0.6) is 11.5 Å². The number of anilines is 1. The molecule has 28 heavy (non-hydrogen) atoms. The Hall–Kier alpha value is -2.80. The van der Waals surface area contributed by atoms with E-state index < -0.39 is 0 Å². The quantitative estimate of drug-likeness (QED) is 0.790. The van der Waals surface area contributed by atoms with E-state index in [2.05, 4.69) is 5.32 Å². The first-order chi connectivity index (χ1) is 13.6. The number of amides is 1. The van der Waals surface area contributed by atoms with Gasteiger partial charge in [-0.2, -0.15) is 0 Å². The first-order valence-electron chi connectivity index (χ1n) is 9.31. The van der Waals surface area contributed by atoms with Gasteiger partial charge in [0.15, 0.2) is 11.5 Å².